The highest BCUT2D eigenvalue weighted by Crippen LogP contribution is 2.42. The van der Waals surface area contributed by atoms with Crippen LogP contribution in [0.2, 0.25) is 0 Å². The van der Waals surface area contributed by atoms with Crippen molar-refractivity contribution in [3.63, 3.8) is 0 Å². The van der Waals surface area contributed by atoms with Gasteiger partial charge in [-0.25, -0.2) is 0 Å². The molecule has 1 unspecified atom stereocenters. The zero-order valence-electron chi connectivity index (χ0n) is 5.13. The average molecular weight is 265 g/mol. The Bertz CT molecular complexity index is 127. The fourth-order valence-electron chi connectivity index (χ4n) is 0.903. The molecule has 1 nitrogen and oxygen atoms in total. The summed E-state index contributed by atoms with van der Waals surface area (Å²) < 4.78 is 34.8. The zero-order valence-corrected chi connectivity index (χ0v) is 7.29. The number of nitrogens with one attached hydrogen (secondary N) is 1. The Labute approximate surface area is 70.5 Å². The van der Waals surface area contributed by atoms with Gasteiger partial charge in [0, 0.05) is 6.54 Å². The second kappa shape index (κ2) is 2.51. The van der Waals surface area contributed by atoms with E-state index in [-0.39, 0.29) is 13.0 Å². The van der Waals surface area contributed by atoms with Crippen molar-refractivity contribution in [1.29, 1.82) is 0 Å². The van der Waals surface area contributed by atoms with Gasteiger partial charge in [0.15, 0.2) is 0 Å². The van der Waals surface area contributed by atoms with Crippen LogP contribution in [0.5, 0.6) is 0 Å². The molecule has 1 heterocycles. The molecule has 0 aromatic rings. The summed E-state index contributed by atoms with van der Waals surface area (Å²) in [5, 5.41) is 2.69. The predicted molar refractivity (Wildman–Crippen MR) is 40.3 cm³/mol. The monoisotopic (exact) mass is 265 g/mol. The van der Waals surface area contributed by atoms with Crippen LogP contribution < -0.4 is 5.32 Å². The summed E-state index contributed by atoms with van der Waals surface area (Å²) in [6.45, 7) is 0.527. The molecule has 0 amide bonds. The summed E-state index contributed by atoms with van der Waals surface area (Å²) >= 11 is 1.48. The van der Waals surface area contributed by atoms with Crippen LogP contribution in [-0.4, -0.2) is 22.7 Å². The van der Waals surface area contributed by atoms with E-state index < -0.39 is 9.60 Å². The normalized spacial score (nSPS) is 34.8. The molecular formula is C5H7F3IN. The first-order chi connectivity index (χ1) is 4.46. The minimum atomic E-state index is -4.06. The highest BCUT2D eigenvalue weighted by atomic mass is 127. The summed E-state index contributed by atoms with van der Waals surface area (Å²) in [4.78, 5) is 0. The van der Waals surface area contributed by atoms with Crippen molar-refractivity contribution in [2.24, 2.45) is 0 Å². The van der Waals surface area contributed by atoms with Crippen LogP contribution in [-0.2, 0) is 0 Å². The first-order valence-corrected chi connectivity index (χ1v) is 4.00. The number of rotatable bonds is 0. The van der Waals surface area contributed by atoms with Gasteiger partial charge in [0.25, 0.3) is 0 Å². The molecule has 1 rings (SSSR count). The van der Waals surface area contributed by atoms with Crippen LogP contribution in [0.4, 0.5) is 13.2 Å². The van der Waals surface area contributed by atoms with Crippen LogP contribution in [0.15, 0.2) is 0 Å². The quantitative estimate of drug-likeness (QED) is 0.519. The zero-order chi connectivity index (χ0) is 7.83. The first kappa shape index (κ1) is 8.58. The second-order valence-electron chi connectivity index (χ2n) is 2.39. The van der Waals surface area contributed by atoms with E-state index in [4.69, 9.17) is 0 Å². The number of hydrogen-bond donors (Lipinski definition) is 1. The maximum Gasteiger partial charge on any atom is 0.404 e. The summed E-state index contributed by atoms with van der Waals surface area (Å²) in [5.41, 5.74) is 0. The van der Waals surface area contributed by atoms with Crippen LogP contribution >= 0.6 is 22.6 Å². The molecule has 1 aliphatic heterocycles. The molecule has 0 saturated carbocycles. The molecule has 1 saturated heterocycles. The molecule has 60 valence electrons. The summed E-state index contributed by atoms with van der Waals surface area (Å²) in [6.07, 6.45) is -3.87. The highest BCUT2D eigenvalue weighted by Gasteiger charge is 2.54. The van der Waals surface area contributed by atoms with E-state index in [1.807, 2.05) is 0 Å². The molecule has 1 fully saturated rings. The summed E-state index contributed by atoms with van der Waals surface area (Å²) in [6, 6.07) is 0. The van der Waals surface area contributed by atoms with Crippen molar-refractivity contribution < 1.29 is 13.2 Å². The van der Waals surface area contributed by atoms with Crippen molar-refractivity contribution in [1.82, 2.24) is 5.32 Å². The minimum Gasteiger partial charge on any atom is -0.315 e. The second-order valence-corrected chi connectivity index (χ2v) is 4.45. The number of hydrogen-bond acceptors (Lipinski definition) is 1. The molecule has 0 radical (unpaired) electrons. The lowest BCUT2D eigenvalue weighted by atomic mass is 10.1. The SMILES string of the molecule is FC(F)(F)C1(I)CCNC1. The van der Waals surface area contributed by atoms with E-state index >= 15 is 0 Å². The minimum absolute atomic E-state index is 0.0526. The fourth-order valence-corrected chi connectivity index (χ4v) is 1.44. The smallest absolute Gasteiger partial charge is 0.315 e. The lowest BCUT2D eigenvalue weighted by Crippen LogP contribution is -2.40. The number of halogens is 4. The Morgan fingerprint density at radius 3 is 2.20 bits per heavy atom. The van der Waals surface area contributed by atoms with E-state index in [2.05, 4.69) is 5.32 Å². The molecule has 0 aromatic heterocycles. The molecule has 5 heteroatoms. The van der Waals surface area contributed by atoms with Gasteiger partial charge < -0.3 is 5.32 Å². The maximum absolute atomic E-state index is 12.1. The van der Waals surface area contributed by atoms with E-state index in [0.717, 1.165) is 0 Å². The molecule has 1 aliphatic rings. The van der Waals surface area contributed by atoms with Crippen molar-refractivity contribution in [3.8, 4) is 0 Å². The Kier molecular flexibility index (Phi) is 2.15. The third-order valence-corrected chi connectivity index (χ3v) is 3.14. The van der Waals surface area contributed by atoms with Gasteiger partial charge in [0.1, 0.15) is 3.42 Å². The Hall–Kier alpha value is 0.480. The van der Waals surface area contributed by atoms with Gasteiger partial charge in [-0.05, 0) is 13.0 Å². The lowest BCUT2D eigenvalue weighted by Gasteiger charge is -2.23. The van der Waals surface area contributed by atoms with Gasteiger partial charge in [-0.15, -0.1) is 0 Å². The van der Waals surface area contributed by atoms with Crippen LogP contribution in [0.3, 0.4) is 0 Å². The van der Waals surface area contributed by atoms with E-state index in [0.29, 0.717) is 6.54 Å². The molecule has 0 spiro atoms. The molecule has 10 heavy (non-hydrogen) atoms. The molecule has 0 aliphatic carbocycles. The predicted octanol–water partition coefficient (Wildman–Crippen LogP) is 1.72. The molecule has 0 aromatic carbocycles. The van der Waals surface area contributed by atoms with Crippen molar-refractivity contribution in [2.45, 2.75) is 16.0 Å². The largest absolute Gasteiger partial charge is 0.404 e. The van der Waals surface area contributed by atoms with Gasteiger partial charge in [-0.3, -0.25) is 0 Å². The van der Waals surface area contributed by atoms with Crippen LogP contribution in [0.25, 0.3) is 0 Å². The maximum atomic E-state index is 12.1. The van der Waals surface area contributed by atoms with Gasteiger partial charge >= 0.3 is 6.18 Å². The van der Waals surface area contributed by atoms with Crippen molar-refractivity contribution in [3.05, 3.63) is 0 Å². The molecule has 0 bridgehead atoms. The summed E-state index contributed by atoms with van der Waals surface area (Å²) in [5.74, 6) is 0. The fraction of sp³-hybridized carbons (Fsp3) is 1.00. The van der Waals surface area contributed by atoms with E-state index in [1.165, 1.54) is 22.6 Å². The molecule has 1 N–H and O–H groups in total. The third-order valence-electron chi connectivity index (χ3n) is 1.61. The van der Waals surface area contributed by atoms with E-state index in [9.17, 15) is 13.2 Å². The molecule has 1 atom stereocenters. The Balaban J connectivity index is 2.67. The van der Waals surface area contributed by atoms with Gasteiger partial charge in [-0.2, -0.15) is 13.2 Å². The Morgan fingerprint density at radius 2 is 2.00 bits per heavy atom. The highest BCUT2D eigenvalue weighted by molar-refractivity contribution is 14.1. The third kappa shape index (κ3) is 1.39. The van der Waals surface area contributed by atoms with Crippen molar-refractivity contribution in [2.75, 3.05) is 13.1 Å². The first-order valence-electron chi connectivity index (χ1n) is 2.92. The summed E-state index contributed by atoms with van der Waals surface area (Å²) in [7, 11) is 0. The van der Waals surface area contributed by atoms with E-state index in [1.54, 1.807) is 0 Å². The van der Waals surface area contributed by atoms with Gasteiger partial charge in [0.2, 0.25) is 0 Å². The van der Waals surface area contributed by atoms with Crippen LogP contribution in [0.1, 0.15) is 6.42 Å². The molecular weight excluding hydrogens is 258 g/mol. The van der Waals surface area contributed by atoms with Gasteiger partial charge in [0.05, 0.1) is 0 Å². The topological polar surface area (TPSA) is 12.0 Å². The van der Waals surface area contributed by atoms with Crippen molar-refractivity contribution >= 4 is 22.6 Å². The number of alkyl halides is 4. The lowest BCUT2D eigenvalue weighted by molar-refractivity contribution is -0.149. The standard InChI is InChI=1S/C5H7F3IN/c6-5(7,8)4(9)1-2-10-3-4/h10H,1-3H2. The van der Waals surface area contributed by atoms with Crippen LogP contribution in [0, 0.1) is 0 Å². The Morgan fingerprint density at radius 1 is 1.40 bits per heavy atom. The average Bonchev–Trinajstić information content (AvgIpc) is 2.13. The van der Waals surface area contributed by atoms with Gasteiger partial charge in [-0.1, -0.05) is 22.6 Å².